The van der Waals surface area contributed by atoms with Crippen LogP contribution in [0.25, 0.3) is 0 Å². The first kappa shape index (κ1) is 54.2. The minimum absolute atomic E-state index is 0.137. The number of hydrogen-bond acceptors (Lipinski definition) is 9. The van der Waals surface area contributed by atoms with Crippen molar-refractivity contribution in [3.63, 3.8) is 0 Å². The lowest BCUT2D eigenvalue weighted by atomic mass is 10.1. The van der Waals surface area contributed by atoms with Gasteiger partial charge in [0.1, 0.15) is 12.7 Å². The van der Waals surface area contributed by atoms with Crippen LogP contribution in [0.3, 0.4) is 0 Å². The number of ether oxygens (including phenoxy) is 2. The van der Waals surface area contributed by atoms with Crippen LogP contribution in [0.5, 0.6) is 0 Å². The topological polar surface area (TPSA) is 149 Å². The van der Waals surface area contributed by atoms with Gasteiger partial charge in [-0.15, -0.1) is 0 Å². The first-order chi connectivity index (χ1) is 27.7. The van der Waals surface area contributed by atoms with Gasteiger partial charge >= 0.3 is 19.8 Å². The third kappa shape index (κ3) is 41.1. The molecular formula is C46H77O10P. The Morgan fingerprint density at radius 3 is 1.47 bits per heavy atom. The number of esters is 2. The van der Waals surface area contributed by atoms with Crippen LogP contribution in [0.15, 0.2) is 85.1 Å². The van der Waals surface area contributed by atoms with Gasteiger partial charge in [0.05, 0.1) is 19.8 Å². The summed E-state index contributed by atoms with van der Waals surface area (Å²) in [5.74, 6) is -0.987. The first-order valence-electron chi connectivity index (χ1n) is 21.5. The Kier molecular flexibility index (Phi) is 39.2. The lowest BCUT2D eigenvalue weighted by molar-refractivity contribution is -0.161. The second-order valence-electron chi connectivity index (χ2n) is 14.0. The molecule has 0 aromatic heterocycles. The second kappa shape index (κ2) is 41.3. The van der Waals surface area contributed by atoms with Crippen LogP contribution in [-0.2, 0) is 32.7 Å². The number of phosphoric ester groups is 1. The number of rotatable bonds is 39. The van der Waals surface area contributed by atoms with Gasteiger partial charge in [0.25, 0.3) is 0 Å². The molecule has 0 fully saturated rings. The highest BCUT2D eigenvalue weighted by molar-refractivity contribution is 7.47. The van der Waals surface area contributed by atoms with Crippen LogP contribution < -0.4 is 0 Å². The highest BCUT2D eigenvalue weighted by atomic mass is 31.2. The number of carbonyl (C=O) groups excluding carboxylic acids is 2. The average Bonchev–Trinajstić information content (AvgIpc) is 3.20. The highest BCUT2D eigenvalue weighted by Crippen LogP contribution is 2.43. The molecule has 0 bridgehead atoms. The Morgan fingerprint density at radius 2 is 0.965 bits per heavy atom. The van der Waals surface area contributed by atoms with Crippen LogP contribution >= 0.6 is 7.82 Å². The van der Waals surface area contributed by atoms with Gasteiger partial charge in [-0.05, 0) is 89.9 Å². The van der Waals surface area contributed by atoms with Gasteiger partial charge in [0.2, 0.25) is 0 Å². The highest BCUT2D eigenvalue weighted by Gasteiger charge is 2.27. The van der Waals surface area contributed by atoms with Gasteiger partial charge in [-0.1, -0.05) is 137 Å². The second-order valence-corrected chi connectivity index (χ2v) is 15.4. The molecule has 3 atom stereocenters. The molecule has 0 radical (unpaired) electrons. The smallest absolute Gasteiger partial charge is 0.462 e. The molecule has 0 saturated carbocycles. The average molecular weight is 821 g/mol. The molecule has 0 spiro atoms. The predicted octanol–water partition coefficient (Wildman–Crippen LogP) is 11.4. The molecule has 0 aliphatic carbocycles. The van der Waals surface area contributed by atoms with E-state index in [2.05, 4.69) is 103 Å². The third-order valence-corrected chi connectivity index (χ3v) is 9.48. The number of carbonyl (C=O) groups is 2. The standard InChI is InChI=1S/C46H77O10P/c1-3-5-7-9-11-13-15-17-19-20-21-22-24-26-28-30-32-34-36-38-46(50)56-44(42-55-57(51,52)54-40-43(48)39-47)41-53-45(49)37-35-33-31-29-27-25-23-18-16-14-12-10-8-6-4-2/h5,7,11-14,17-19,21-23,26,28,43-44,47-48H,3-4,6,8-10,15-16,20,24-25,27,29-42H2,1-2H3,(H,51,52). The van der Waals surface area contributed by atoms with Crippen LogP contribution in [-0.4, -0.2) is 65.7 Å². The fraction of sp³-hybridized carbons (Fsp3) is 0.652. The Bertz CT molecular complexity index is 1220. The lowest BCUT2D eigenvalue weighted by Gasteiger charge is -2.20. The summed E-state index contributed by atoms with van der Waals surface area (Å²) in [7, 11) is -4.64. The van der Waals surface area contributed by atoms with E-state index in [4.69, 9.17) is 19.1 Å². The minimum atomic E-state index is -4.64. The van der Waals surface area contributed by atoms with E-state index in [0.29, 0.717) is 12.8 Å². The van der Waals surface area contributed by atoms with Crippen molar-refractivity contribution in [2.45, 2.75) is 167 Å². The van der Waals surface area contributed by atoms with Gasteiger partial charge in [-0.25, -0.2) is 4.57 Å². The van der Waals surface area contributed by atoms with Gasteiger partial charge in [-0.2, -0.15) is 0 Å². The van der Waals surface area contributed by atoms with Crippen molar-refractivity contribution in [1.29, 1.82) is 0 Å². The Hall–Kier alpha value is -2.85. The first-order valence-corrected chi connectivity index (χ1v) is 23.0. The van der Waals surface area contributed by atoms with Crippen molar-refractivity contribution < 1.29 is 47.8 Å². The molecule has 0 aromatic rings. The molecule has 0 aliphatic heterocycles. The van der Waals surface area contributed by atoms with E-state index in [0.717, 1.165) is 96.3 Å². The Balaban J connectivity index is 4.41. The molecule has 0 amide bonds. The van der Waals surface area contributed by atoms with E-state index < -0.39 is 51.8 Å². The number of phosphoric acid groups is 1. The number of hydrogen-bond donors (Lipinski definition) is 3. The molecule has 3 N–H and O–H groups in total. The molecule has 0 rings (SSSR count). The van der Waals surface area contributed by atoms with Crippen LogP contribution in [0.4, 0.5) is 0 Å². The lowest BCUT2D eigenvalue weighted by Crippen LogP contribution is -2.29. The molecule has 0 aromatic carbocycles. The SMILES string of the molecule is CCC=CCC=CCC=CCC=CCC=CCCCCCC(=O)OC(COC(=O)CCCCCCCC=CCC=CCCCCC)COP(=O)(O)OCC(O)CO. The summed E-state index contributed by atoms with van der Waals surface area (Å²) in [4.78, 5) is 35.0. The quantitative estimate of drug-likeness (QED) is 0.0237. The minimum Gasteiger partial charge on any atom is -0.462 e. The van der Waals surface area contributed by atoms with Gasteiger partial charge < -0.3 is 24.6 Å². The zero-order valence-electron chi connectivity index (χ0n) is 35.3. The number of aliphatic hydroxyl groups is 2. The molecule has 326 valence electrons. The largest absolute Gasteiger partial charge is 0.472 e. The van der Waals surface area contributed by atoms with Gasteiger partial charge in [0, 0.05) is 12.8 Å². The summed E-state index contributed by atoms with van der Waals surface area (Å²) in [6, 6.07) is 0. The van der Waals surface area contributed by atoms with Crippen LogP contribution in [0, 0.1) is 0 Å². The molecule has 11 heteroatoms. The monoisotopic (exact) mass is 821 g/mol. The zero-order valence-corrected chi connectivity index (χ0v) is 36.2. The summed E-state index contributed by atoms with van der Waals surface area (Å²) in [6.07, 6.45) is 48.3. The van der Waals surface area contributed by atoms with Crippen molar-refractivity contribution in [2.24, 2.45) is 0 Å². The number of unbranched alkanes of at least 4 members (excludes halogenated alkanes) is 11. The van der Waals surface area contributed by atoms with Crippen LogP contribution in [0.1, 0.15) is 155 Å². The molecule has 10 nitrogen and oxygen atoms in total. The summed E-state index contributed by atoms with van der Waals surface area (Å²) in [5.41, 5.74) is 0. The maximum atomic E-state index is 12.6. The van der Waals surface area contributed by atoms with Gasteiger partial charge in [-0.3, -0.25) is 18.6 Å². The number of allylic oxidation sites excluding steroid dienone is 14. The molecule has 57 heavy (non-hydrogen) atoms. The maximum absolute atomic E-state index is 12.6. The van der Waals surface area contributed by atoms with E-state index >= 15 is 0 Å². The molecule has 0 heterocycles. The van der Waals surface area contributed by atoms with E-state index in [9.17, 15) is 24.2 Å². The van der Waals surface area contributed by atoms with Crippen molar-refractivity contribution >= 4 is 19.8 Å². The number of aliphatic hydroxyl groups excluding tert-OH is 2. The molecule has 0 aliphatic rings. The molecule has 3 unspecified atom stereocenters. The van der Waals surface area contributed by atoms with E-state index in [1.54, 1.807) is 0 Å². The Labute approximate surface area is 345 Å². The van der Waals surface area contributed by atoms with Crippen LogP contribution in [0.2, 0.25) is 0 Å². The summed E-state index contributed by atoms with van der Waals surface area (Å²) in [6.45, 7) is 2.16. The van der Waals surface area contributed by atoms with Crippen molar-refractivity contribution in [3.05, 3.63) is 85.1 Å². The van der Waals surface area contributed by atoms with E-state index in [1.807, 2.05) is 0 Å². The normalized spacial score (nSPS) is 14.7. The van der Waals surface area contributed by atoms with Crippen molar-refractivity contribution in [2.75, 3.05) is 26.4 Å². The Morgan fingerprint density at radius 1 is 0.544 bits per heavy atom. The van der Waals surface area contributed by atoms with Crippen molar-refractivity contribution in [3.8, 4) is 0 Å². The van der Waals surface area contributed by atoms with Gasteiger partial charge in [0.15, 0.2) is 6.10 Å². The molecule has 0 saturated heterocycles. The third-order valence-electron chi connectivity index (χ3n) is 8.53. The zero-order chi connectivity index (χ0) is 41.9. The van der Waals surface area contributed by atoms with E-state index in [-0.39, 0.29) is 19.4 Å². The van der Waals surface area contributed by atoms with Crippen molar-refractivity contribution in [1.82, 2.24) is 0 Å². The molecular weight excluding hydrogens is 743 g/mol. The van der Waals surface area contributed by atoms with E-state index in [1.165, 1.54) is 19.3 Å². The summed E-state index contributed by atoms with van der Waals surface area (Å²) < 4.78 is 32.7. The predicted molar refractivity (Wildman–Crippen MR) is 233 cm³/mol. The summed E-state index contributed by atoms with van der Waals surface area (Å²) >= 11 is 0. The maximum Gasteiger partial charge on any atom is 0.472 e. The fourth-order valence-electron chi connectivity index (χ4n) is 5.22. The fourth-order valence-corrected chi connectivity index (χ4v) is 6.01. The summed E-state index contributed by atoms with van der Waals surface area (Å²) in [5, 5.41) is 18.3.